The summed E-state index contributed by atoms with van der Waals surface area (Å²) in [5.41, 5.74) is 2.02. The number of piperidine rings is 1. The average Bonchev–Trinajstić information content (AvgIpc) is 3.10. The van der Waals surface area contributed by atoms with E-state index >= 15 is 0 Å². The number of piperazine rings is 1. The van der Waals surface area contributed by atoms with Crippen molar-refractivity contribution < 1.29 is 4.79 Å². The van der Waals surface area contributed by atoms with Gasteiger partial charge in [0.25, 0.3) is 0 Å². The summed E-state index contributed by atoms with van der Waals surface area (Å²) in [7, 11) is 1.89. The maximum absolute atomic E-state index is 13.0. The largest absolute Gasteiger partial charge is 0.308 e. The van der Waals surface area contributed by atoms with Crippen LogP contribution in [0.15, 0.2) is 36.8 Å². The minimum Gasteiger partial charge on any atom is -0.308 e. The van der Waals surface area contributed by atoms with Crippen LogP contribution in [0.3, 0.4) is 0 Å². The number of hydrogen-bond donors (Lipinski definition) is 0. The first-order valence-electron chi connectivity index (χ1n) is 9.37. The van der Waals surface area contributed by atoms with E-state index in [4.69, 9.17) is 0 Å². The van der Waals surface area contributed by atoms with Crippen LogP contribution in [-0.4, -0.2) is 69.2 Å². The second kappa shape index (κ2) is 7.55. The van der Waals surface area contributed by atoms with Crippen molar-refractivity contribution in [3.05, 3.63) is 42.5 Å². The number of nitrogens with zero attached hydrogens (tertiary/aromatic N) is 6. The van der Waals surface area contributed by atoms with Crippen molar-refractivity contribution in [2.45, 2.75) is 25.4 Å². The number of carbonyl (C=O) groups is 1. The molecule has 7 nitrogen and oxygen atoms in total. The third kappa shape index (κ3) is 3.64. The lowest BCUT2D eigenvalue weighted by molar-refractivity contribution is -0.126. The summed E-state index contributed by atoms with van der Waals surface area (Å²) in [5.74, 6) is 0.224. The van der Waals surface area contributed by atoms with Crippen molar-refractivity contribution in [2.75, 3.05) is 37.6 Å². The molecule has 7 heteroatoms. The maximum atomic E-state index is 13.0. The van der Waals surface area contributed by atoms with Gasteiger partial charge < -0.3 is 4.90 Å². The number of anilines is 1. The first-order chi connectivity index (χ1) is 12.7. The molecule has 2 aromatic rings. The summed E-state index contributed by atoms with van der Waals surface area (Å²) in [6.45, 7) is 5.50. The van der Waals surface area contributed by atoms with Crippen LogP contribution in [0.5, 0.6) is 0 Å². The molecule has 0 saturated carbocycles. The van der Waals surface area contributed by atoms with E-state index in [0.717, 1.165) is 63.5 Å². The molecule has 2 fully saturated rings. The van der Waals surface area contributed by atoms with E-state index in [-0.39, 0.29) is 11.9 Å². The highest BCUT2D eigenvalue weighted by Gasteiger charge is 2.35. The van der Waals surface area contributed by atoms with Crippen molar-refractivity contribution in [1.29, 1.82) is 0 Å². The molecule has 1 amide bonds. The summed E-state index contributed by atoms with van der Waals surface area (Å²) >= 11 is 0. The van der Waals surface area contributed by atoms with E-state index in [0.29, 0.717) is 0 Å². The van der Waals surface area contributed by atoms with E-state index in [2.05, 4.69) is 25.9 Å². The van der Waals surface area contributed by atoms with Gasteiger partial charge in [-0.15, -0.1) is 0 Å². The first-order valence-corrected chi connectivity index (χ1v) is 9.37. The van der Waals surface area contributed by atoms with Crippen LogP contribution < -0.4 is 4.90 Å². The van der Waals surface area contributed by atoms with E-state index < -0.39 is 0 Å². The molecule has 0 N–H and O–H groups in total. The summed E-state index contributed by atoms with van der Waals surface area (Å²) in [6, 6.07) is 6.06. The lowest BCUT2D eigenvalue weighted by Crippen LogP contribution is -2.57. The van der Waals surface area contributed by atoms with Crippen LogP contribution in [-0.2, 0) is 18.4 Å². The number of pyridine rings is 1. The Bertz CT molecular complexity index is 737. The van der Waals surface area contributed by atoms with E-state index in [1.807, 2.05) is 36.5 Å². The van der Waals surface area contributed by atoms with Crippen LogP contribution in [0.4, 0.5) is 5.69 Å². The molecule has 1 atom stereocenters. The highest BCUT2D eigenvalue weighted by molar-refractivity contribution is 5.97. The molecule has 26 heavy (non-hydrogen) atoms. The van der Waals surface area contributed by atoms with Crippen molar-refractivity contribution in [1.82, 2.24) is 24.6 Å². The predicted molar refractivity (Wildman–Crippen MR) is 99.7 cm³/mol. The highest BCUT2D eigenvalue weighted by Crippen LogP contribution is 2.24. The fourth-order valence-corrected chi connectivity index (χ4v) is 3.95. The van der Waals surface area contributed by atoms with E-state index in [1.165, 1.54) is 0 Å². The number of rotatable bonds is 4. The highest BCUT2D eigenvalue weighted by atomic mass is 16.2. The minimum absolute atomic E-state index is 0.000886. The van der Waals surface area contributed by atoms with Gasteiger partial charge in [0.1, 0.15) is 0 Å². The fraction of sp³-hybridized carbons (Fsp3) is 0.526. The van der Waals surface area contributed by atoms with Gasteiger partial charge in [-0.1, -0.05) is 6.07 Å². The Labute approximate surface area is 154 Å². The molecular weight excluding hydrogens is 328 g/mol. The summed E-state index contributed by atoms with van der Waals surface area (Å²) in [5, 5.41) is 4.21. The summed E-state index contributed by atoms with van der Waals surface area (Å²) in [4.78, 5) is 24.1. The van der Waals surface area contributed by atoms with Gasteiger partial charge in [-0.3, -0.25) is 24.3 Å². The van der Waals surface area contributed by atoms with Crippen LogP contribution in [0.25, 0.3) is 0 Å². The zero-order valence-corrected chi connectivity index (χ0v) is 15.3. The molecule has 2 aromatic heterocycles. The van der Waals surface area contributed by atoms with Gasteiger partial charge in [0, 0.05) is 58.7 Å². The lowest BCUT2D eigenvalue weighted by Gasteiger charge is -2.42. The molecular formula is C19H26N6O. The molecule has 0 aliphatic carbocycles. The molecule has 4 heterocycles. The summed E-state index contributed by atoms with van der Waals surface area (Å²) < 4.78 is 1.75. The van der Waals surface area contributed by atoms with Crippen molar-refractivity contribution in [3.8, 4) is 0 Å². The van der Waals surface area contributed by atoms with Gasteiger partial charge in [-0.2, -0.15) is 5.10 Å². The number of carbonyl (C=O) groups excluding carboxylic acids is 1. The molecule has 0 bridgehead atoms. The fourth-order valence-electron chi connectivity index (χ4n) is 3.95. The molecule has 0 aromatic carbocycles. The SMILES string of the molecule is Cn1cc(N2CCC[C@H](N3CCN(Cc4ccccn4)CC3)C2=O)cn1. The number of hydrogen-bond acceptors (Lipinski definition) is 5. The zero-order chi connectivity index (χ0) is 17.9. The molecule has 138 valence electrons. The Morgan fingerprint density at radius 1 is 1.15 bits per heavy atom. The quantitative estimate of drug-likeness (QED) is 0.824. The third-order valence-corrected chi connectivity index (χ3v) is 5.37. The third-order valence-electron chi connectivity index (χ3n) is 5.37. The Morgan fingerprint density at radius 2 is 2.00 bits per heavy atom. The Balaban J connectivity index is 1.35. The Hall–Kier alpha value is -2.25. The van der Waals surface area contributed by atoms with Gasteiger partial charge >= 0.3 is 0 Å². The molecule has 0 radical (unpaired) electrons. The van der Waals surface area contributed by atoms with Crippen LogP contribution >= 0.6 is 0 Å². The van der Waals surface area contributed by atoms with Gasteiger partial charge in [0.2, 0.25) is 5.91 Å². The molecule has 0 spiro atoms. The normalized spacial score (nSPS) is 22.7. The van der Waals surface area contributed by atoms with Crippen LogP contribution in [0, 0.1) is 0 Å². The Morgan fingerprint density at radius 3 is 2.69 bits per heavy atom. The standard InChI is InChI=1S/C19H26N6O/c1-22-15-17(13-21-22)25-8-4-6-18(19(25)26)24-11-9-23(10-12-24)14-16-5-2-3-7-20-16/h2-3,5,7,13,15,18H,4,6,8-12,14H2,1H3/t18-/m0/s1. The van der Waals surface area contributed by atoms with Crippen molar-refractivity contribution in [2.24, 2.45) is 7.05 Å². The lowest BCUT2D eigenvalue weighted by atomic mass is 10.0. The zero-order valence-electron chi connectivity index (χ0n) is 15.3. The molecule has 4 rings (SSSR count). The van der Waals surface area contributed by atoms with Gasteiger partial charge in [-0.05, 0) is 25.0 Å². The average molecular weight is 354 g/mol. The monoisotopic (exact) mass is 354 g/mol. The Kier molecular flexibility index (Phi) is 4.99. The second-order valence-electron chi connectivity index (χ2n) is 7.15. The van der Waals surface area contributed by atoms with E-state index in [1.54, 1.807) is 10.9 Å². The minimum atomic E-state index is 0.000886. The van der Waals surface area contributed by atoms with Gasteiger partial charge in [-0.25, -0.2) is 0 Å². The summed E-state index contributed by atoms with van der Waals surface area (Å²) in [6.07, 6.45) is 7.55. The number of amides is 1. The van der Waals surface area contributed by atoms with E-state index in [9.17, 15) is 4.79 Å². The second-order valence-corrected chi connectivity index (χ2v) is 7.15. The smallest absolute Gasteiger partial charge is 0.244 e. The van der Waals surface area contributed by atoms with Gasteiger partial charge in [0.05, 0.1) is 23.6 Å². The van der Waals surface area contributed by atoms with Crippen molar-refractivity contribution in [3.63, 3.8) is 0 Å². The van der Waals surface area contributed by atoms with Gasteiger partial charge in [0.15, 0.2) is 0 Å². The molecule has 2 aliphatic heterocycles. The number of aryl methyl sites for hydroxylation is 1. The van der Waals surface area contributed by atoms with Crippen LogP contribution in [0.1, 0.15) is 18.5 Å². The first kappa shape index (κ1) is 17.2. The topological polar surface area (TPSA) is 57.5 Å². The van der Waals surface area contributed by atoms with Crippen LogP contribution in [0.2, 0.25) is 0 Å². The predicted octanol–water partition coefficient (Wildman–Crippen LogP) is 1.13. The molecule has 2 saturated heterocycles. The number of aromatic nitrogens is 3. The maximum Gasteiger partial charge on any atom is 0.244 e. The molecule has 0 unspecified atom stereocenters. The van der Waals surface area contributed by atoms with Crippen molar-refractivity contribution >= 4 is 11.6 Å². The molecule has 2 aliphatic rings.